The highest BCUT2D eigenvalue weighted by molar-refractivity contribution is 9.08. The van der Waals surface area contributed by atoms with Crippen molar-refractivity contribution < 1.29 is 4.79 Å². The van der Waals surface area contributed by atoms with E-state index in [-0.39, 0.29) is 11.7 Å². The van der Waals surface area contributed by atoms with Crippen LogP contribution in [0, 0.1) is 0 Å². The third-order valence-corrected chi connectivity index (χ3v) is 3.25. The van der Waals surface area contributed by atoms with Gasteiger partial charge in [-0.3, -0.25) is 4.79 Å². The first kappa shape index (κ1) is 12.7. The van der Waals surface area contributed by atoms with E-state index in [1.165, 1.54) is 11.1 Å². The normalized spacial score (nSPS) is 10.3. The van der Waals surface area contributed by atoms with Gasteiger partial charge in [-0.2, -0.15) is 0 Å². The Kier molecular flexibility index (Phi) is 5.34. The lowest BCUT2D eigenvalue weighted by atomic mass is 10.0. The summed E-state index contributed by atoms with van der Waals surface area (Å²) in [6.45, 7) is 2.13. The number of carbonyl (C=O) groups is 1. The van der Waals surface area contributed by atoms with Crippen LogP contribution in [0.4, 0.5) is 0 Å². The summed E-state index contributed by atoms with van der Waals surface area (Å²) in [7, 11) is 0. The maximum Gasteiger partial charge on any atom is 0.151 e. The van der Waals surface area contributed by atoms with Crippen molar-refractivity contribution in [2.45, 2.75) is 25.1 Å². The van der Waals surface area contributed by atoms with E-state index in [9.17, 15) is 4.79 Å². The van der Waals surface area contributed by atoms with Gasteiger partial charge in [0.1, 0.15) is 0 Å². The van der Waals surface area contributed by atoms with Gasteiger partial charge in [0, 0.05) is 11.8 Å². The third kappa shape index (κ3) is 3.62. The van der Waals surface area contributed by atoms with Gasteiger partial charge in [0.15, 0.2) is 5.78 Å². The van der Waals surface area contributed by atoms with E-state index in [0.29, 0.717) is 6.42 Å². The van der Waals surface area contributed by atoms with E-state index in [4.69, 9.17) is 11.6 Å². The van der Waals surface area contributed by atoms with Crippen LogP contribution in [0.1, 0.15) is 23.6 Å². The van der Waals surface area contributed by atoms with Gasteiger partial charge in [0.2, 0.25) is 0 Å². The van der Waals surface area contributed by atoms with E-state index < -0.39 is 0 Å². The van der Waals surface area contributed by atoms with Gasteiger partial charge >= 0.3 is 0 Å². The molecular formula is C12H14BrClO. The number of ketones is 1. The fourth-order valence-electron chi connectivity index (χ4n) is 1.53. The van der Waals surface area contributed by atoms with Gasteiger partial charge in [-0.05, 0) is 23.1 Å². The van der Waals surface area contributed by atoms with E-state index in [1.807, 2.05) is 6.07 Å². The molecule has 0 aliphatic rings. The van der Waals surface area contributed by atoms with Crippen LogP contribution in [0.15, 0.2) is 18.2 Å². The van der Waals surface area contributed by atoms with Crippen molar-refractivity contribution in [2.75, 3.05) is 5.88 Å². The molecule has 82 valence electrons. The first-order chi connectivity index (χ1) is 7.21. The minimum atomic E-state index is 0.0708. The second kappa shape index (κ2) is 6.29. The Morgan fingerprint density at radius 3 is 2.67 bits per heavy atom. The first-order valence-corrected chi connectivity index (χ1v) is 6.61. The highest BCUT2D eigenvalue weighted by Crippen LogP contribution is 2.16. The largest absolute Gasteiger partial charge is 0.298 e. The molecule has 0 saturated heterocycles. The molecule has 0 amide bonds. The average molecular weight is 290 g/mol. The summed E-state index contributed by atoms with van der Waals surface area (Å²) in [5, 5.41) is 0.832. The summed E-state index contributed by atoms with van der Waals surface area (Å²) < 4.78 is 0. The monoisotopic (exact) mass is 288 g/mol. The molecule has 0 bridgehead atoms. The summed E-state index contributed by atoms with van der Waals surface area (Å²) in [6, 6.07) is 6.18. The van der Waals surface area contributed by atoms with Crippen molar-refractivity contribution in [3.8, 4) is 0 Å². The Balaban J connectivity index is 2.88. The first-order valence-electron chi connectivity index (χ1n) is 4.95. The lowest BCUT2D eigenvalue weighted by molar-refractivity contribution is -0.116. The van der Waals surface area contributed by atoms with Gasteiger partial charge in [0.25, 0.3) is 0 Å². The molecule has 0 aliphatic heterocycles. The molecule has 0 unspecified atom stereocenters. The van der Waals surface area contributed by atoms with Gasteiger partial charge in [-0.25, -0.2) is 0 Å². The zero-order valence-corrected chi connectivity index (χ0v) is 11.1. The maximum absolute atomic E-state index is 11.2. The van der Waals surface area contributed by atoms with Crippen molar-refractivity contribution in [3.05, 3.63) is 34.9 Å². The molecule has 1 aromatic carbocycles. The number of aryl methyl sites for hydroxylation is 1. The van der Waals surface area contributed by atoms with E-state index in [1.54, 1.807) is 0 Å². The van der Waals surface area contributed by atoms with Crippen molar-refractivity contribution in [1.29, 1.82) is 0 Å². The quantitative estimate of drug-likeness (QED) is 0.758. The predicted octanol–water partition coefficient (Wildman–Crippen LogP) is 3.49. The fourth-order valence-corrected chi connectivity index (χ4v) is 2.15. The molecule has 0 spiro atoms. The Morgan fingerprint density at radius 2 is 2.13 bits per heavy atom. The predicted molar refractivity (Wildman–Crippen MR) is 67.9 cm³/mol. The van der Waals surface area contributed by atoms with E-state index in [2.05, 4.69) is 35.0 Å². The Bertz CT molecular complexity index is 349. The second-order valence-electron chi connectivity index (χ2n) is 3.44. The number of alkyl halides is 2. The minimum absolute atomic E-state index is 0.0708. The van der Waals surface area contributed by atoms with Crippen LogP contribution in [-0.4, -0.2) is 11.7 Å². The van der Waals surface area contributed by atoms with Crippen LogP contribution < -0.4 is 0 Å². The molecule has 0 saturated carbocycles. The zero-order chi connectivity index (χ0) is 11.3. The lowest BCUT2D eigenvalue weighted by Crippen LogP contribution is -2.04. The van der Waals surface area contributed by atoms with Crippen LogP contribution in [0.25, 0.3) is 0 Å². The minimum Gasteiger partial charge on any atom is -0.298 e. The summed E-state index contributed by atoms with van der Waals surface area (Å²) in [6.07, 6.45) is 1.46. The number of halogens is 2. The molecule has 0 fully saturated rings. The number of hydrogen-bond donors (Lipinski definition) is 0. The Labute approximate surface area is 104 Å². The van der Waals surface area contributed by atoms with Crippen LogP contribution in [-0.2, 0) is 23.0 Å². The van der Waals surface area contributed by atoms with Crippen LogP contribution in [0.3, 0.4) is 0 Å². The zero-order valence-electron chi connectivity index (χ0n) is 8.72. The highest BCUT2D eigenvalue weighted by atomic mass is 79.9. The second-order valence-corrected chi connectivity index (χ2v) is 4.27. The molecule has 0 radical (unpaired) electrons. The lowest BCUT2D eigenvalue weighted by Gasteiger charge is -2.07. The molecule has 15 heavy (non-hydrogen) atoms. The van der Waals surface area contributed by atoms with Crippen LogP contribution in [0.5, 0.6) is 0 Å². The summed E-state index contributed by atoms with van der Waals surface area (Å²) in [5.74, 6) is 0.167. The molecule has 3 heteroatoms. The number of Topliss-reactive ketones (excluding diaryl/α,β-unsaturated/α-hetero) is 1. The highest BCUT2D eigenvalue weighted by Gasteiger charge is 2.05. The number of hydrogen-bond acceptors (Lipinski definition) is 1. The number of carbonyl (C=O) groups excluding carboxylic acids is 1. The van der Waals surface area contributed by atoms with Crippen molar-refractivity contribution in [2.24, 2.45) is 0 Å². The van der Waals surface area contributed by atoms with Crippen LogP contribution >= 0.6 is 27.5 Å². The molecule has 1 rings (SSSR count). The molecule has 0 heterocycles. The molecule has 1 nitrogen and oxygen atoms in total. The maximum atomic E-state index is 11.2. The number of rotatable bonds is 5. The number of benzene rings is 1. The van der Waals surface area contributed by atoms with Gasteiger partial charge in [0.05, 0.1) is 5.88 Å². The standard InChI is InChI=1S/C12H14BrClO/c1-2-10-4-3-9(5-11(10)7-13)6-12(15)8-14/h3-5H,2,6-8H2,1H3. The molecule has 0 atom stereocenters. The topological polar surface area (TPSA) is 17.1 Å². The molecular weight excluding hydrogens is 275 g/mol. The van der Waals surface area contributed by atoms with E-state index in [0.717, 1.165) is 17.3 Å². The van der Waals surface area contributed by atoms with Crippen molar-refractivity contribution in [3.63, 3.8) is 0 Å². The SMILES string of the molecule is CCc1ccc(CC(=O)CCl)cc1CBr. The molecule has 0 N–H and O–H groups in total. The van der Waals surface area contributed by atoms with Gasteiger partial charge < -0.3 is 0 Å². The molecule has 0 aromatic heterocycles. The fraction of sp³-hybridized carbons (Fsp3) is 0.417. The van der Waals surface area contributed by atoms with Crippen LogP contribution in [0.2, 0.25) is 0 Å². The third-order valence-electron chi connectivity index (χ3n) is 2.35. The summed E-state index contributed by atoms with van der Waals surface area (Å²) in [5.41, 5.74) is 3.64. The van der Waals surface area contributed by atoms with Crippen molar-refractivity contribution in [1.82, 2.24) is 0 Å². The summed E-state index contributed by atoms with van der Waals surface area (Å²) in [4.78, 5) is 11.2. The van der Waals surface area contributed by atoms with Gasteiger partial charge in [-0.1, -0.05) is 41.1 Å². The van der Waals surface area contributed by atoms with E-state index >= 15 is 0 Å². The average Bonchev–Trinajstić information content (AvgIpc) is 2.28. The summed E-state index contributed by atoms with van der Waals surface area (Å²) >= 11 is 8.93. The Morgan fingerprint density at radius 1 is 1.40 bits per heavy atom. The van der Waals surface area contributed by atoms with Crippen molar-refractivity contribution >= 4 is 33.3 Å². The molecule has 0 aliphatic carbocycles. The smallest absolute Gasteiger partial charge is 0.151 e. The Hall–Kier alpha value is -0.340. The molecule has 1 aromatic rings. The van der Waals surface area contributed by atoms with Gasteiger partial charge in [-0.15, -0.1) is 11.6 Å².